The molecule has 1 saturated carbocycles. The van der Waals surface area contributed by atoms with Gasteiger partial charge in [-0.05, 0) is 63.3 Å². The van der Waals surface area contributed by atoms with Gasteiger partial charge < -0.3 is 5.32 Å². The molecular formula is C23H26N4O3S2. The van der Waals surface area contributed by atoms with E-state index >= 15 is 0 Å². The monoisotopic (exact) mass is 470 g/mol. The Kier molecular flexibility index (Phi) is 5.51. The average Bonchev–Trinajstić information content (AvgIpc) is 3.58. The zero-order valence-corrected chi connectivity index (χ0v) is 19.9. The van der Waals surface area contributed by atoms with Gasteiger partial charge in [0.25, 0.3) is 5.91 Å². The van der Waals surface area contributed by atoms with Gasteiger partial charge in [0.2, 0.25) is 10.0 Å². The molecular weight excluding hydrogens is 444 g/mol. The smallest absolute Gasteiger partial charge is 0.266 e. The molecule has 9 heteroatoms. The number of amides is 1. The Morgan fingerprint density at radius 3 is 2.59 bits per heavy atom. The SMILES string of the molecule is Cc1nc(C2CC2)nc2sc(C(=O)Nc3cccc(S(=O)(=O)N4CCCCC4)c3)c(C)c12. The maximum Gasteiger partial charge on any atom is 0.266 e. The van der Waals surface area contributed by atoms with Crippen LogP contribution < -0.4 is 5.32 Å². The summed E-state index contributed by atoms with van der Waals surface area (Å²) in [4.78, 5) is 24.1. The van der Waals surface area contributed by atoms with Gasteiger partial charge in [0, 0.05) is 30.1 Å². The first kappa shape index (κ1) is 21.5. The minimum absolute atomic E-state index is 0.209. The highest BCUT2D eigenvalue weighted by atomic mass is 32.2. The van der Waals surface area contributed by atoms with Crippen molar-refractivity contribution in [3.05, 3.63) is 46.2 Å². The molecule has 2 aliphatic rings. The Morgan fingerprint density at radius 1 is 1.12 bits per heavy atom. The number of hydrogen-bond donors (Lipinski definition) is 1. The number of fused-ring (bicyclic) bond motifs is 1. The number of rotatable bonds is 5. The number of nitrogens with zero attached hydrogens (tertiary/aromatic N) is 3. The van der Waals surface area contributed by atoms with Gasteiger partial charge in [-0.1, -0.05) is 12.5 Å². The van der Waals surface area contributed by atoms with Crippen molar-refractivity contribution < 1.29 is 13.2 Å². The van der Waals surface area contributed by atoms with Crippen molar-refractivity contribution in [2.75, 3.05) is 18.4 Å². The van der Waals surface area contributed by atoms with Crippen LogP contribution in [0.1, 0.15) is 64.8 Å². The van der Waals surface area contributed by atoms with Crippen LogP contribution in [0.15, 0.2) is 29.2 Å². The minimum Gasteiger partial charge on any atom is -0.321 e. The highest BCUT2D eigenvalue weighted by Crippen LogP contribution is 2.40. The van der Waals surface area contributed by atoms with Crippen LogP contribution in [0.4, 0.5) is 5.69 Å². The molecule has 1 aliphatic heterocycles. The van der Waals surface area contributed by atoms with Crippen molar-refractivity contribution in [1.29, 1.82) is 0 Å². The molecule has 0 bridgehead atoms. The minimum atomic E-state index is -3.56. The normalized spacial score (nSPS) is 17.6. The van der Waals surface area contributed by atoms with Gasteiger partial charge in [0.1, 0.15) is 10.7 Å². The predicted molar refractivity (Wildman–Crippen MR) is 126 cm³/mol. The number of aryl methyl sites for hydroxylation is 2. The van der Waals surface area contributed by atoms with Gasteiger partial charge >= 0.3 is 0 Å². The van der Waals surface area contributed by atoms with Crippen LogP contribution in [0.2, 0.25) is 0 Å². The molecule has 3 heterocycles. The van der Waals surface area contributed by atoms with E-state index in [0.29, 0.717) is 29.6 Å². The van der Waals surface area contributed by atoms with Crippen LogP contribution in [0, 0.1) is 13.8 Å². The zero-order valence-electron chi connectivity index (χ0n) is 18.2. The van der Waals surface area contributed by atoms with Crippen molar-refractivity contribution in [3.8, 4) is 0 Å². The summed E-state index contributed by atoms with van der Waals surface area (Å²) in [7, 11) is -3.56. The summed E-state index contributed by atoms with van der Waals surface area (Å²) < 4.78 is 27.5. The molecule has 1 saturated heterocycles. The number of carbonyl (C=O) groups is 1. The maximum atomic E-state index is 13.1. The summed E-state index contributed by atoms with van der Waals surface area (Å²) >= 11 is 1.37. The lowest BCUT2D eigenvalue weighted by atomic mass is 10.1. The first-order valence-corrected chi connectivity index (χ1v) is 13.3. The second-order valence-electron chi connectivity index (χ2n) is 8.62. The second-order valence-corrected chi connectivity index (χ2v) is 11.6. The third-order valence-electron chi connectivity index (χ3n) is 6.18. The first-order chi connectivity index (χ1) is 15.3. The number of hydrogen-bond acceptors (Lipinski definition) is 6. The lowest BCUT2D eigenvalue weighted by molar-refractivity contribution is 0.103. The summed E-state index contributed by atoms with van der Waals surface area (Å²) in [6.45, 7) is 4.97. The molecule has 5 rings (SSSR count). The highest BCUT2D eigenvalue weighted by Gasteiger charge is 2.29. The fourth-order valence-corrected chi connectivity index (χ4v) is 6.97. The largest absolute Gasteiger partial charge is 0.321 e. The van der Waals surface area contributed by atoms with Crippen molar-refractivity contribution >= 4 is 43.2 Å². The van der Waals surface area contributed by atoms with Crippen molar-refractivity contribution in [1.82, 2.24) is 14.3 Å². The number of benzene rings is 1. The predicted octanol–water partition coefficient (Wildman–Crippen LogP) is 4.61. The number of piperidine rings is 1. The molecule has 0 radical (unpaired) electrons. The number of sulfonamides is 1. The molecule has 168 valence electrons. The van der Waals surface area contributed by atoms with E-state index in [1.807, 2.05) is 13.8 Å². The van der Waals surface area contributed by atoms with Crippen LogP contribution in [-0.4, -0.2) is 41.7 Å². The van der Waals surface area contributed by atoms with Gasteiger partial charge in [0.15, 0.2) is 0 Å². The Labute approximate surface area is 191 Å². The number of anilines is 1. The Bertz CT molecular complexity index is 1310. The number of carbonyl (C=O) groups excluding carboxylic acids is 1. The molecule has 3 aromatic rings. The topological polar surface area (TPSA) is 92.3 Å². The average molecular weight is 471 g/mol. The molecule has 1 amide bonds. The third-order valence-corrected chi connectivity index (χ3v) is 9.26. The Hall–Kier alpha value is -2.36. The highest BCUT2D eigenvalue weighted by molar-refractivity contribution is 7.89. The molecule has 0 atom stereocenters. The van der Waals surface area contributed by atoms with E-state index in [0.717, 1.165) is 59.4 Å². The second kappa shape index (κ2) is 8.20. The molecule has 1 aliphatic carbocycles. The maximum absolute atomic E-state index is 13.1. The van der Waals surface area contributed by atoms with Crippen LogP contribution >= 0.6 is 11.3 Å². The van der Waals surface area contributed by atoms with E-state index in [1.54, 1.807) is 24.3 Å². The summed E-state index contributed by atoms with van der Waals surface area (Å²) in [5, 5.41) is 3.82. The lowest BCUT2D eigenvalue weighted by Crippen LogP contribution is -2.35. The quantitative estimate of drug-likeness (QED) is 0.588. The van der Waals surface area contributed by atoms with E-state index in [-0.39, 0.29) is 10.8 Å². The molecule has 0 spiro atoms. The summed E-state index contributed by atoms with van der Waals surface area (Å²) in [6.07, 6.45) is 5.07. The molecule has 2 fully saturated rings. The molecule has 1 N–H and O–H groups in total. The molecule has 0 unspecified atom stereocenters. The standard InChI is InChI=1S/C23H26N4O3S2/c1-14-19-15(2)24-21(16-9-10-16)26-23(19)31-20(14)22(28)25-17-7-6-8-18(13-17)32(29,30)27-11-4-3-5-12-27/h6-8,13,16H,3-5,9-12H2,1-2H3,(H,25,28). The number of thiophene rings is 1. The van der Waals surface area contributed by atoms with E-state index < -0.39 is 10.0 Å². The fraction of sp³-hybridized carbons (Fsp3) is 0.435. The molecule has 32 heavy (non-hydrogen) atoms. The van der Waals surface area contributed by atoms with Gasteiger partial charge in [-0.15, -0.1) is 11.3 Å². The molecule has 2 aromatic heterocycles. The fourth-order valence-electron chi connectivity index (χ4n) is 4.28. The summed E-state index contributed by atoms with van der Waals surface area (Å²) in [5.41, 5.74) is 2.23. The lowest BCUT2D eigenvalue weighted by Gasteiger charge is -2.26. The van der Waals surface area contributed by atoms with Gasteiger partial charge in [-0.25, -0.2) is 18.4 Å². The van der Waals surface area contributed by atoms with E-state index in [1.165, 1.54) is 15.6 Å². The summed E-state index contributed by atoms with van der Waals surface area (Å²) in [5.74, 6) is 1.06. The van der Waals surface area contributed by atoms with Gasteiger partial charge in [-0.2, -0.15) is 4.31 Å². The van der Waals surface area contributed by atoms with Crippen molar-refractivity contribution in [3.63, 3.8) is 0 Å². The van der Waals surface area contributed by atoms with Crippen LogP contribution in [0.5, 0.6) is 0 Å². The van der Waals surface area contributed by atoms with E-state index in [9.17, 15) is 13.2 Å². The van der Waals surface area contributed by atoms with Gasteiger partial charge in [-0.3, -0.25) is 4.79 Å². The molecule has 7 nitrogen and oxygen atoms in total. The van der Waals surface area contributed by atoms with Crippen LogP contribution in [-0.2, 0) is 10.0 Å². The van der Waals surface area contributed by atoms with Crippen LogP contribution in [0.25, 0.3) is 10.2 Å². The van der Waals surface area contributed by atoms with E-state index in [4.69, 9.17) is 4.98 Å². The Balaban J connectivity index is 1.42. The Morgan fingerprint density at radius 2 is 1.88 bits per heavy atom. The number of nitrogens with one attached hydrogen (secondary N) is 1. The van der Waals surface area contributed by atoms with Crippen molar-refractivity contribution in [2.45, 2.75) is 56.8 Å². The third kappa shape index (κ3) is 3.93. The van der Waals surface area contributed by atoms with E-state index in [2.05, 4.69) is 10.3 Å². The van der Waals surface area contributed by atoms with Gasteiger partial charge in [0.05, 0.1) is 15.5 Å². The van der Waals surface area contributed by atoms with Crippen molar-refractivity contribution in [2.24, 2.45) is 0 Å². The first-order valence-electron chi connectivity index (χ1n) is 11.0. The number of aromatic nitrogens is 2. The van der Waals surface area contributed by atoms with Crippen LogP contribution in [0.3, 0.4) is 0 Å². The zero-order chi connectivity index (χ0) is 22.5. The summed E-state index contributed by atoms with van der Waals surface area (Å²) in [6, 6.07) is 6.51. The molecule has 1 aromatic carbocycles.